The van der Waals surface area contributed by atoms with Gasteiger partial charge in [0.15, 0.2) is 0 Å². The number of rotatable bonds is 6. The predicted octanol–water partition coefficient (Wildman–Crippen LogP) is 13.5. The third-order valence-corrected chi connectivity index (χ3v) is 10.9. The summed E-state index contributed by atoms with van der Waals surface area (Å²) in [7, 11) is 0. The fourth-order valence-electron chi connectivity index (χ4n) is 8.51. The Balaban J connectivity index is 1.18. The Kier molecular flexibility index (Phi) is 7.11. The fraction of sp³-hybridized carbons (Fsp3) is 0.0196. The first-order valence-electron chi connectivity index (χ1n) is 18.0. The maximum atomic E-state index is 2.45. The largest absolute Gasteiger partial charge is 0.310 e. The predicted molar refractivity (Wildman–Crippen MR) is 219 cm³/mol. The Morgan fingerprint density at radius 2 is 0.769 bits per heavy atom. The summed E-state index contributed by atoms with van der Waals surface area (Å²) in [6.45, 7) is 0. The second-order valence-electron chi connectivity index (χ2n) is 13.7. The van der Waals surface area contributed by atoms with Gasteiger partial charge in [-0.15, -0.1) is 0 Å². The second-order valence-corrected chi connectivity index (χ2v) is 13.7. The molecule has 0 saturated heterocycles. The van der Waals surface area contributed by atoms with E-state index in [1.54, 1.807) is 0 Å². The normalized spacial score (nSPS) is 12.8. The minimum absolute atomic E-state index is 0.473. The van der Waals surface area contributed by atoms with E-state index in [9.17, 15) is 0 Å². The van der Waals surface area contributed by atoms with Crippen LogP contribution in [0.2, 0.25) is 0 Å². The quantitative estimate of drug-likeness (QED) is 0.171. The lowest BCUT2D eigenvalue weighted by atomic mass is 9.67. The molecule has 52 heavy (non-hydrogen) atoms. The second kappa shape index (κ2) is 12.3. The molecule has 0 N–H and O–H groups in total. The minimum Gasteiger partial charge on any atom is -0.310 e. The van der Waals surface area contributed by atoms with E-state index in [0.29, 0.717) is 0 Å². The first-order valence-corrected chi connectivity index (χ1v) is 18.0. The summed E-state index contributed by atoms with van der Waals surface area (Å²) in [4.78, 5) is 2.42. The van der Waals surface area contributed by atoms with Crippen molar-refractivity contribution >= 4 is 38.6 Å². The van der Waals surface area contributed by atoms with E-state index in [0.717, 1.165) is 17.1 Å². The lowest BCUT2D eigenvalue weighted by Crippen LogP contribution is -2.28. The van der Waals surface area contributed by atoms with Crippen molar-refractivity contribution < 1.29 is 0 Å². The van der Waals surface area contributed by atoms with Crippen molar-refractivity contribution in [2.45, 2.75) is 5.41 Å². The van der Waals surface area contributed by atoms with Crippen molar-refractivity contribution in [3.63, 3.8) is 0 Å². The maximum absolute atomic E-state index is 2.45. The highest BCUT2D eigenvalue weighted by atomic mass is 15.1. The molecule has 0 amide bonds. The van der Waals surface area contributed by atoms with Gasteiger partial charge in [0, 0.05) is 17.1 Å². The van der Waals surface area contributed by atoms with Crippen molar-refractivity contribution in [1.29, 1.82) is 0 Å². The minimum atomic E-state index is -0.473. The van der Waals surface area contributed by atoms with E-state index in [2.05, 4.69) is 217 Å². The number of anilines is 3. The van der Waals surface area contributed by atoms with Gasteiger partial charge in [-0.1, -0.05) is 170 Å². The molecule has 1 heteroatoms. The van der Waals surface area contributed by atoms with E-state index in [1.165, 1.54) is 66.1 Å². The highest BCUT2D eigenvalue weighted by molar-refractivity contribution is 5.93. The molecule has 0 spiro atoms. The van der Waals surface area contributed by atoms with Crippen LogP contribution in [-0.4, -0.2) is 0 Å². The summed E-state index contributed by atoms with van der Waals surface area (Å²) in [5.41, 5.74) is 13.0. The van der Waals surface area contributed by atoms with Crippen molar-refractivity contribution in [3.8, 4) is 22.3 Å². The van der Waals surface area contributed by atoms with Crippen LogP contribution in [0.15, 0.2) is 212 Å². The highest BCUT2D eigenvalue weighted by Crippen LogP contribution is 2.57. The van der Waals surface area contributed by atoms with Crippen LogP contribution in [0.1, 0.15) is 22.3 Å². The summed E-state index contributed by atoms with van der Waals surface area (Å²) in [5.74, 6) is 0. The van der Waals surface area contributed by atoms with E-state index in [-0.39, 0.29) is 0 Å². The number of hydrogen-bond acceptors (Lipinski definition) is 1. The van der Waals surface area contributed by atoms with Crippen molar-refractivity contribution in [3.05, 3.63) is 235 Å². The van der Waals surface area contributed by atoms with Crippen molar-refractivity contribution in [1.82, 2.24) is 0 Å². The van der Waals surface area contributed by atoms with Gasteiger partial charge in [-0.05, 0) is 109 Å². The molecule has 0 fully saturated rings. The van der Waals surface area contributed by atoms with Crippen molar-refractivity contribution in [2.75, 3.05) is 4.90 Å². The zero-order chi connectivity index (χ0) is 34.5. The van der Waals surface area contributed by atoms with Gasteiger partial charge < -0.3 is 4.90 Å². The summed E-state index contributed by atoms with van der Waals surface area (Å²) >= 11 is 0. The Hall–Kier alpha value is -6.70. The molecule has 0 aliphatic heterocycles. The van der Waals surface area contributed by atoms with Gasteiger partial charge >= 0.3 is 0 Å². The van der Waals surface area contributed by atoms with Gasteiger partial charge in [0.25, 0.3) is 0 Å². The standard InChI is InChI=1S/C51H35N/c1-3-17-42(18-4-1)51(43-19-5-2-6-20-43)49-22-12-11-21-47(49)48-32-31-46(35-50(48)51)52(45-30-27-37-14-8-10-16-40(37)34-45)44-28-25-38(26-29-44)41-24-23-36-13-7-9-15-39(36)33-41/h1-35H. The topological polar surface area (TPSA) is 3.24 Å². The third-order valence-electron chi connectivity index (χ3n) is 10.9. The van der Waals surface area contributed by atoms with Gasteiger partial charge in [0.2, 0.25) is 0 Å². The van der Waals surface area contributed by atoms with Crippen LogP contribution in [0, 0.1) is 0 Å². The van der Waals surface area contributed by atoms with Gasteiger partial charge in [-0.3, -0.25) is 0 Å². The molecule has 1 nitrogen and oxygen atoms in total. The van der Waals surface area contributed by atoms with Crippen LogP contribution in [0.4, 0.5) is 17.1 Å². The molecular formula is C51H35N. The number of fused-ring (bicyclic) bond motifs is 5. The van der Waals surface area contributed by atoms with Crippen LogP contribution in [0.25, 0.3) is 43.8 Å². The lowest BCUT2D eigenvalue weighted by Gasteiger charge is -2.35. The fourth-order valence-corrected chi connectivity index (χ4v) is 8.51. The average molecular weight is 662 g/mol. The summed E-state index contributed by atoms with van der Waals surface area (Å²) in [5, 5.41) is 4.95. The molecule has 1 aliphatic carbocycles. The van der Waals surface area contributed by atoms with Crippen LogP contribution < -0.4 is 4.90 Å². The summed E-state index contributed by atoms with van der Waals surface area (Å²) in [6.07, 6.45) is 0. The highest BCUT2D eigenvalue weighted by Gasteiger charge is 2.46. The molecule has 0 unspecified atom stereocenters. The molecule has 0 atom stereocenters. The molecule has 0 radical (unpaired) electrons. The number of hydrogen-bond donors (Lipinski definition) is 0. The van der Waals surface area contributed by atoms with Crippen LogP contribution in [0.3, 0.4) is 0 Å². The molecule has 0 heterocycles. The van der Waals surface area contributed by atoms with Gasteiger partial charge in [-0.2, -0.15) is 0 Å². The van der Waals surface area contributed by atoms with E-state index in [1.807, 2.05) is 0 Å². The van der Waals surface area contributed by atoms with Crippen LogP contribution in [-0.2, 0) is 5.41 Å². The Labute approximate surface area is 304 Å². The Morgan fingerprint density at radius 1 is 0.288 bits per heavy atom. The first kappa shape index (κ1) is 30.2. The molecule has 9 aromatic carbocycles. The molecule has 0 saturated carbocycles. The zero-order valence-electron chi connectivity index (χ0n) is 28.7. The molecule has 244 valence electrons. The molecule has 0 bridgehead atoms. The number of benzene rings is 9. The van der Waals surface area contributed by atoms with Gasteiger partial charge in [-0.25, -0.2) is 0 Å². The smallest absolute Gasteiger partial charge is 0.0714 e. The van der Waals surface area contributed by atoms with Crippen LogP contribution >= 0.6 is 0 Å². The Morgan fingerprint density at radius 3 is 1.46 bits per heavy atom. The van der Waals surface area contributed by atoms with E-state index >= 15 is 0 Å². The monoisotopic (exact) mass is 661 g/mol. The summed E-state index contributed by atoms with van der Waals surface area (Å²) in [6, 6.07) is 77.9. The first-order chi connectivity index (χ1) is 25.8. The number of nitrogens with zero attached hydrogens (tertiary/aromatic N) is 1. The Bertz CT molecular complexity index is 2690. The summed E-state index contributed by atoms with van der Waals surface area (Å²) < 4.78 is 0. The van der Waals surface area contributed by atoms with E-state index in [4.69, 9.17) is 0 Å². The zero-order valence-corrected chi connectivity index (χ0v) is 28.7. The van der Waals surface area contributed by atoms with Crippen molar-refractivity contribution in [2.24, 2.45) is 0 Å². The van der Waals surface area contributed by atoms with E-state index < -0.39 is 5.41 Å². The van der Waals surface area contributed by atoms with Gasteiger partial charge in [0.05, 0.1) is 5.41 Å². The van der Waals surface area contributed by atoms with Crippen LogP contribution in [0.5, 0.6) is 0 Å². The average Bonchev–Trinajstić information content (AvgIpc) is 3.52. The SMILES string of the molecule is c1ccc(C2(c3ccccc3)c3ccccc3-c3ccc(N(c4ccc(-c5ccc6ccccc6c5)cc4)c4ccc5ccccc5c4)cc32)cc1. The molecule has 1 aliphatic rings. The molecule has 10 rings (SSSR count). The molecule has 0 aromatic heterocycles. The third kappa shape index (κ3) is 4.78. The lowest BCUT2D eigenvalue weighted by molar-refractivity contribution is 0.768. The molecular weight excluding hydrogens is 627 g/mol. The maximum Gasteiger partial charge on any atom is 0.0714 e. The van der Waals surface area contributed by atoms with Gasteiger partial charge in [0.1, 0.15) is 0 Å². The molecule has 9 aromatic rings.